The fourth-order valence-corrected chi connectivity index (χ4v) is 2.92. The number of aliphatic hydroxyl groups excluding tert-OH is 2. The van der Waals surface area contributed by atoms with Crippen molar-refractivity contribution < 1.29 is 14.7 Å². The summed E-state index contributed by atoms with van der Waals surface area (Å²) in [5.74, 6) is 0.545. The Balaban J connectivity index is 1.70. The molecule has 2 N–H and O–H groups in total. The highest BCUT2D eigenvalue weighted by molar-refractivity contribution is 6.30. The molecule has 9 heteroatoms. The first-order valence-electron chi connectivity index (χ1n) is 8.82. The Morgan fingerprint density at radius 1 is 1.21 bits per heavy atom. The van der Waals surface area contributed by atoms with Crippen LogP contribution in [-0.4, -0.2) is 36.2 Å². The standard InChI is InChI=1S/C19H21ClN4O4/c1-11(25)7-14-9-21-24(19(27)12(14)2)10-18-22-17(23-28-18)8-16(26)13-3-5-15(20)6-4-13/h3-6,9,11,16,25-26H,7-8,10H2,1-2H3/t11-,16?/m0/s1. The molecule has 1 aromatic carbocycles. The summed E-state index contributed by atoms with van der Waals surface area (Å²) in [5, 5.41) is 28.4. The molecule has 2 atom stereocenters. The molecule has 8 nitrogen and oxygen atoms in total. The zero-order valence-corrected chi connectivity index (χ0v) is 16.3. The van der Waals surface area contributed by atoms with Gasteiger partial charge < -0.3 is 14.7 Å². The van der Waals surface area contributed by atoms with E-state index in [4.69, 9.17) is 16.1 Å². The lowest BCUT2D eigenvalue weighted by atomic mass is 10.1. The monoisotopic (exact) mass is 404 g/mol. The second-order valence-corrected chi connectivity index (χ2v) is 7.12. The highest BCUT2D eigenvalue weighted by Gasteiger charge is 2.16. The predicted octanol–water partition coefficient (Wildman–Crippen LogP) is 1.84. The van der Waals surface area contributed by atoms with Crippen molar-refractivity contribution in [2.75, 3.05) is 0 Å². The summed E-state index contributed by atoms with van der Waals surface area (Å²) in [6.07, 6.45) is 0.736. The molecule has 0 saturated carbocycles. The predicted molar refractivity (Wildman–Crippen MR) is 102 cm³/mol. The van der Waals surface area contributed by atoms with Crippen molar-refractivity contribution >= 4 is 11.6 Å². The normalized spacial score (nSPS) is 13.5. The smallest absolute Gasteiger partial charge is 0.270 e. The van der Waals surface area contributed by atoms with Crippen molar-refractivity contribution in [1.82, 2.24) is 19.9 Å². The number of benzene rings is 1. The molecular weight excluding hydrogens is 384 g/mol. The van der Waals surface area contributed by atoms with E-state index in [1.807, 2.05) is 0 Å². The number of rotatable bonds is 7. The van der Waals surface area contributed by atoms with E-state index in [2.05, 4.69) is 15.2 Å². The molecule has 3 rings (SSSR count). The van der Waals surface area contributed by atoms with Gasteiger partial charge in [-0.05, 0) is 37.1 Å². The molecule has 0 radical (unpaired) electrons. The summed E-state index contributed by atoms with van der Waals surface area (Å²) in [5.41, 5.74) is 1.64. The molecule has 0 aliphatic heterocycles. The largest absolute Gasteiger partial charge is 0.393 e. The molecule has 28 heavy (non-hydrogen) atoms. The van der Waals surface area contributed by atoms with Gasteiger partial charge in [0.1, 0.15) is 6.54 Å². The summed E-state index contributed by atoms with van der Waals surface area (Å²) in [6, 6.07) is 6.86. The number of aromatic nitrogens is 4. The van der Waals surface area contributed by atoms with Gasteiger partial charge in [0, 0.05) is 23.4 Å². The van der Waals surface area contributed by atoms with Crippen molar-refractivity contribution in [1.29, 1.82) is 0 Å². The summed E-state index contributed by atoms with van der Waals surface area (Å²) in [4.78, 5) is 16.7. The Bertz CT molecular complexity index is 998. The average molecular weight is 405 g/mol. The molecular formula is C19H21ClN4O4. The van der Waals surface area contributed by atoms with Crippen LogP contribution in [0, 0.1) is 6.92 Å². The van der Waals surface area contributed by atoms with Crippen LogP contribution in [0.1, 0.15) is 41.4 Å². The van der Waals surface area contributed by atoms with Crippen LogP contribution in [0.2, 0.25) is 5.02 Å². The van der Waals surface area contributed by atoms with Crippen LogP contribution in [-0.2, 0) is 19.4 Å². The number of hydrogen-bond acceptors (Lipinski definition) is 7. The molecule has 3 aromatic rings. The Kier molecular flexibility index (Phi) is 6.23. The molecule has 0 bridgehead atoms. The SMILES string of the molecule is Cc1c(C[C@H](C)O)cnn(Cc2nc(CC(O)c3ccc(Cl)cc3)no2)c1=O. The van der Waals surface area contributed by atoms with Crippen molar-refractivity contribution in [3.8, 4) is 0 Å². The van der Waals surface area contributed by atoms with Crippen molar-refractivity contribution in [3.05, 3.63) is 74.2 Å². The maximum Gasteiger partial charge on any atom is 0.270 e. The number of hydrogen-bond donors (Lipinski definition) is 2. The first-order chi connectivity index (χ1) is 13.3. The maximum atomic E-state index is 12.5. The van der Waals surface area contributed by atoms with E-state index < -0.39 is 12.2 Å². The zero-order chi connectivity index (χ0) is 20.3. The van der Waals surface area contributed by atoms with Crippen LogP contribution in [0.25, 0.3) is 0 Å². The lowest BCUT2D eigenvalue weighted by Gasteiger charge is -2.09. The second-order valence-electron chi connectivity index (χ2n) is 6.69. The number of halogens is 1. The Hall–Kier alpha value is -2.55. The third-order valence-electron chi connectivity index (χ3n) is 4.33. The van der Waals surface area contributed by atoms with Gasteiger partial charge in [0.2, 0.25) is 5.89 Å². The van der Waals surface area contributed by atoms with E-state index in [1.165, 1.54) is 4.68 Å². The number of nitrogens with zero attached hydrogens (tertiary/aromatic N) is 4. The number of aliphatic hydroxyl groups is 2. The first kappa shape index (κ1) is 20.2. The third kappa shape index (κ3) is 4.83. The van der Waals surface area contributed by atoms with Crippen LogP contribution in [0.3, 0.4) is 0 Å². The fourth-order valence-electron chi connectivity index (χ4n) is 2.80. The molecule has 2 aromatic heterocycles. The van der Waals surface area contributed by atoms with E-state index in [1.54, 1.807) is 44.3 Å². The molecule has 0 amide bonds. The van der Waals surface area contributed by atoms with E-state index in [-0.39, 0.29) is 24.4 Å². The first-order valence-corrected chi connectivity index (χ1v) is 9.20. The minimum atomic E-state index is -0.800. The average Bonchev–Trinajstić information content (AvgIpc) is 3.08. The van der Waals surface area contributed by atoms with Crippen LogP contribution in [0.4, 0.5) is 0 Å². The van der Waals surface area contributed by atoms with Crippen LogP contribution in [0.15, 0.2) is 39.8 Å². The highest BCUT2D eigenvalue weighted by Crippen LogP contribution is 2.19. The molecule has 0 spiro atoms. The summed E-state index contributed by atoms with van der Waals surface area (Å²) in [7, 11) is 0. The van der Waals surface area contributed by atoms with Crippen molar-refractivity contribution in [3.63, 3.8) is 0 Å². The van der Waals surface area contributed by atoms with Gasteiger partial charge in [-0.1, -0.05) is 28.9 Å². The van der Waals surface area contributed by atoms with E-state index in [0.29, 0.717) is 34.0 Å². The van der Waals surface area contributed by atoms with Gasteiger partial charge >= 0.3 is 0 Å². The van der Waals surface area contributed by atoms with E-state index >= 15 is 0 Å². The lowest BCUT2D eigenvalue weighted by Crippen LogP contribution is -2.27. The maximum absolute atomic E-state index is 12.5. The molecule has 0 aliphatic carbocycles. The molecule has 0 fully saturated rings. The zero-order valence-electron chi connectivity index (χ0n) is 15.5. The van der Waals surface area contributed by atoms with Gasteiger partial charge in [0.15, 0.2) is 5.82 Å². The summed E-state index contributed by atoms with van der Waals surface area (Å²) in [6.45, 7) is 3.38. The molecule has 148 valence electrons. The minimum Gasteiger partial charge on any atom is -0.393 e. The highest BCUT2D eigenvalue weighted by atomic mass is 35.5. The van der Waals surface area contributed by atoms with Crippen LogP contribution < -0.4 is 5.56 Å². The van der Waals surface area contributed by atoms with Crippen molar-refractivity contribution in [2.24, 2.45) is 0 Å². The van der Waals surface area contributed by atoms with Crippen LogP contribution >= 0.6 is 11.6 Å². The van der Waals surface area contributed by atoms with E-state index in [0.717, 1.165) is 0 Å². The van der Waals surface area contributed by atoms with Gasteiger partial charge in [-0.25, -0.2) is 4.68 Å². The van der Waals surface area contributed by atoms with Gasteiger partial charge in [-0.15, -0.1) is 0 Å². The quantitative estimate of drug-likeness (QED) is 0.617. The van der Waals surface area contributed by atoms with Gasteiger partial charge in [-0.3, -0.25) is 4.79 Å². The van der Waals surface area contributed by atoms with Gasteiger partial charge in [0.25, 0.3) is 5.56 Å². The van der Waals surface area contributed by atoms with Crippen molar-refractivity contribution in [2.45, 2.75) is 45.4 Å². The topological polar surface area (TPSA) is 114 Å². The minimum absolute atomic E-state index is 0.0265. The molecule has 0 aliphatic rings. The molecule has 0 saturated heterocycles. The lowest BCUT2D eigenvalue weighted by molar-refractivity contribution is 0.174. The molecule has 1 unspecified atom stereocenters. The van der Waals surface area contributed by atoms with Gasteiger partial charge in [0.05, 0.1) is 18.4 Å². The second kappa shape index (κ2) is 8.64. The van der Waals surface area contributed by atoms with Gasteiger partial charge in [-0.2, -0.15) is 10.1 Å². The molecule has 2 heterocycles. The fraction of sp³-hybridized carbons (Fsp3) is 0.368. The van der Waals surface area contributed by atoms with Crippen LogP contribution in [0.5, 0.6) is 0 Å². The summed E-state index contributed by atoms with van der Waals surface area (Å²) < 4.78 is 6.41. The Morgan fingerprint density at radius 3 is 2.61 bits per heavy atom. The summed E-state index contributed by atoms with van der Waals surface area (Å²) >= 11 is 5.85. The third-order valence-corrected chi connectivity index (χ3v) is 4.58. The van der Waals surface area contributed by atoms with E-state index in [9.17, 15) is 15.0 Å². The Labute approximate surface area is 166 Å². The Morgan fingerprint density at radius 2 is 1.93 bits per heavy atom.